The van der Waals surface area contributed by atoms with Crippen molar-refractivity contribution in [1.82, 2.24) is 10.2 Å². The lowest BCUT2D eigenvalue weighted by Gasteiger charge is -2.38. The molecule has 1 aliphatic rings. The minimum Gasteiger partial charge on any atom is -0.332 e. The number of carbonyl (C=O) groups excluding carboxylic acids is 1. The van der Waals surface area contributed by atoms with Crippen LogP contribution in [0.2, 0.25) is 0 Å². The number of hydrogen-bond donors (Lipinski definition) is 1. The van der Waals surface area contributed by atoms with Crippen molar-refractivity contribution in [2.75, 3.05) is 6.54 Å². The van der Waals surface area contributed by atoms with Gasteiger partial charge < -0.3 is 10.2 Å². The third-order valence-corrected chi connectivity index (χ3v) is 4.66. The fourth-order valence-corrected chi connectivity index (χ4v) is 3.26. The Morgan fingerprint density at radius 2 is 1.95 bits per heavy atom. The van der Waals surface area contributed by atoms with Crippen LogP contribution in [0, 0.1) is 5.92 Å². The van der Waals surface area contributed by atoms with E-state index in [0.717, 1.165) is 5.56 Å². The van der Waals surface area contributed by atoms with E-state index in [0.29, 0.717) is 0 Å². The Morgan fingerprint density at radius 3 is 2.50 bits per heavy atom. The van der Waals surface area contributed by atoms with Gasteiger partial charge in [-0.3, -0.25) is 4.79 Å². The van der Waals surface area contributed by atoms with Crippen LogP contribution < -0.4 is 5.32 Å². The lowest BCUT2D eigenvalue weighted by molar-refractivity contribution is -0.186. The second-order valence-electron chi connectivity index (χ2n) is 4.29. The topological polar surface area (TPSA) is 32.3 Å². The molecule has 0 saturated carbocycles. The molecule has 1 aromatic carbocycles. The minimum atomic E-state index is -4.58. The van der Waals surface area contributed by atoms with Crippen molar-refractivity contribution in [3.8, 4) is 0 Å². The molecule has 0 bridgehead atoms. The monoisotopic (exact) mass is 414 g/mol. The van der Waals surface area contributed by atoms with Crippen molar-refractivity contribution < 1.29 is 18.0 Å². The highest BCUT2D eigenvalue weighted by Crippen LogP contribution is 2.35. The van der Waals surface area contributed by atoms with E-state index in [2.05, 4.69) is 5.32 Å². The minimum absolute atomic E-state index is 0.0266. The molecular weight excluding hydrogens is 404 g/mol. The van der Waals surface area contributed by atoms with Gasteiger partial charge in [-0.05, 0) is 17.8 Å². The summed E-state index contributed by atoms with van der Waals surface area (Å²) in [5.41, 5.74) is 0.826. The zero-order valence-electron chi connectivity index (χ0n) is 10.0. The first-order valence-corrected chi connectivity index (χ1v) is 7.33. The average molecular weight is 414 g/mol. The molecular formula is C12H10F3IN2OS. The van der Waals surface area contributed by atoms with E-state index < -0.39 is 24.5 Å². The van der Waals surface area contributed by atoms with Crippen LogP contribution >= 0.6 is 34.8 Å². The fraction of sp³-hybridized carbons (Fsp3) is 0.333. The summed E-state index contributed by atoms with van der Waals surface area (Å²) < 4.78 is 38.1. The standard InChI is InChI=1S/C12H10F3IN2OS/c13-12(14,15)8-6-18(11(20)17-10(8)19)9(16)7-4-2-1-3-5-7/h1-5,8-9H,6H2,(H,17,19,20). The molecule has 1 aliphatic heterocycles. The molecule has 1 fully saturated rings. The van der Waals surface area contributed by atoms with Gasteiger partial charge in [-0.15, -0.1) is 0 Å². The smallest absolute Gasteiger partial charge is 0.332 e. The molecule has 0 aliphatic carbocycles. The Balaban J connectivity index is 2.23. The maximum absolute atomic E-state index is 12.8. The van der Waals surface area contributed by atoms with E-state index in [1.54, 1.807) is 24.3 Å². The van der Waals surface area contributed by atoms with E-state index in [9.17, 15) is 18.0 Å². The van der Waals surface area contributed by atoms with Crippen LogP contribution in [0.25, 0.3) is 0 Å². The van der Waals surface area contributed by atoms with Gasteiger partial charge in [0.25, 0.3) is 0 Å². The van der Waals surface area contributed by atoms with Gasteiger partial charge in [0.2, 0.25) is 5.91 Å². The zero-order valence-corrected chi connectivity index (χ0v) is 13.0. The molecule has 108 valence electrons. The Bertz CT molecular complexity index is 523. The van der Waals surface area contributed by atoms with Gasteiger partial charge in [-0.25, -0.2) is 0 Å². The molecule has 1 amide bonds. The highest BCUT2D eigenvalue weighted by atomic mass is 127. The SMILES string of the molecule is O=C1NC(=S)N(C(I)c2ccccc2)CC1C(F)(F)F. The normalized spacial score (nSPS) is 21.6. The molecule has 1 N–H and O–H groups in total. The molecule has 2 unspecified atom stereocenters. The number of benzene rings is 1. The highest BCUT2D eigenvalue weighted by molar-refractivity contribution is 14.1. The number of halogens is 4. The maximum atomic E-state index is 12.8. The maximum Gasteiger partial charge on any atom is 0.402 e. The second-order valence-corrected chi connectivity index (χ2v) is 5.85. The molecule has 8 heteroatoms. The number of rotatable bonds is 2. The Kier molecular flexibility index (Phi) is 4.52. The van der Waals surface area contributed by atoms with E-state index in [-0.39, 0.29) is 9.16 Å². The van der Waals surface area contributed by atoms with Crippen LogP contribution in [0.4, 0.5) is 13.2 Å². The summed E-state index contributed by atoms with van der Waals surface area (Å²) in [6.07, 6.45) is -4.58. The van der Waals surface area contributed by atoms with Crippen LogP contribution in [0.1, 0.15) is 9.61 Å². The fourth-order valence-electron chi connectivity index (χ4n) is 1.87. The summed E-state index contributed by atoms with van der Waals surface area (Å²) in [6, 6.07) is 9.03. The number of alkyl halides is 4. The van der Waals surface area contributed by atoms with E-state index in [4.69, 9.17) is 12.2 Å². The number of thiocarbonyl (C=S) groups is 1. The molecule has 0 spiro atoms. The largest absolute Gasteiger partial charge is 0.402 e. The van der Waals surface area contributed by atoms with Gasteiger partial charge in [0.05, 0.1) is 0 Å². The molecule has 0 aromatic heterocycles. The third kappa shape index (κ3) is 3.22. The Hall–Kier alpha value is -0.900. The molecule has 1 aromatic rings. The number of nitrogens with one attached hydrogen (secondary N) is 1. The van der Waals surface area contributed by atoms with Crippen LogP contribution in [-0.2, 0) is 4.79 Å². The molecule has 1 heterocycles. The first kappa shape index (κ1) is 15.5. The van der Waals surface area contributed by atoms with Crippen molar-refractivity contribution in [2.45, 2.75) is 10.2 Å². The summed E-state index contributed by atoms with van der Waals surface area (Å²) in [5, 5.41) is 2.16. The van der Waals surface area contributed by atoms with Gasteiger partial charge in [0.1, 0.15) is 4.05 Å². The molecule has 2 rings (SSSR count). The van der Waals surface area contributed by atoms with Gasteiger partial charge in [-0.2, -0.15) is 13.2 Å². The van der Waals surface area contributed by atoms with E-state index >= 15 is 0 Å². The zero-order chi connectivity index (χ0) is 14.9. The van der Waals surface area contributed by atoms with Gasteiger partial charge in [0, 0.05) is 6.54 Å². The highest BCUT2D eigenvalue weighted by Gasteiger charge is 2.49. The first-order valence-electron chi connectivity index (χ1n) is 5.68. The van der Waals surface area contributed by atoms with Crippen molar-refractivity contribution in [3.63, 3.8) is 0 Å². The molecule has 2 atom stereocenters. The lowest BCUT2D eigenvalue weighted by Crippen LogP contribution is -2.58. The molecule has 1 saturated heterocycles. The third-order valence-electron chi connectivity index (χ3n) is 2.93. The van der Waals surface area contributed by atoms with E-state index in [1.165, 1.54) is 4.90 Å². The number of amides is 1. The Morgan fingerprint density at radius 1 is 1.35 bits per heavy atom. The molecule has 0 radical (unpaired) electrons. The molecule has 3 nitrogen and oxygen atoms in total. The van der Waals surface area contributed by atoms with Gasteiger partial charge in [-0.1, -0.05) is 52.9 Å². The van der Waals surface area contributed by atoms with Crippen LogP contribution in [0.5, 0.6) is 0 Å². The van der Waals surface area contributed by atoms with Crippen LogP contribution in [0.3, 0.4) is 0 Å². The summed E-state index contributed by atoms with van der Waals surface area (Å²) >= 11 is 6.99. The second kappa shape index (κ2) is 5.84. The Labute approximate surface area is 132 Å². The lowest BCUT2D eigenvalue weighted by atomic mass is 10.1. The van der Waals surface area contributed by atoms with Crippen molar-refractivity contribution >= 4 is 45.8 Å². The van der Waals surface area contributed by atoms with Gasteiger partial charge >= 0.3 is 6.18 Å². The summed E-state index contributed by atoms with van der Waals surface area (Å²) in [6.45, 7) is -0.462. The number of carbonyl (C=O) groups is 1. The summed E-state index contributed by atoms with van der Waals surface area (Å²) in [7, 11) is 0. The summed E-state index contributed by atoms with van der Waals surface area (Å²) in [5.74, 6) is -3.15. The summed E-state index contributed by atoms with van der Waals surface area (Å²) in [4.78, 5) is 12.8. The van der Waals surface area contributed by atoms with Crippen molar-refractivity contribution in [2.24, 2.45) is 5.92 Å². The number of hydrogen-bond acceptors (Lipinski definition) is 2. The van der Waals surface area contributed by atoms with Gasteiger partial charge in [0.15, 0.2) is 11.0 Å². The van der Waals surface area contributed by atoms with Crippen LogP contribution in [-0.4, -0.2) is 28.6 Å². The quantitative estimate of drug-likeness (QED) is 0.350. The van der Waals surface area contributed by atoms with E-state index in [1.807, 2.05) is 28.7 Å². The number of nitrogens with zero attached hydrogens (tertiary/aromatic N) is 1. The molecule has 20 heavy (non-hydrogen) atoms. The van der Waals surface area contributed by atoms with Crippen molar-refractivity contribution in [3.05, 3.63) is 35.9 Å². The average Bonchev–Trinajstić information content (AvgIpc) is 2.37. The predicted octanol–water partition coefficient (Wildman–Crippen LogP) is 3.02. The van der Waals surface area contributed by atoms with Crippen LogP contribution in [0.15, 0.2) is 30.3 Å². The van der Waals surface area contributed by atoms with Crippen molar-refractivity contribution in [1.29, 1.82) is 0 Å². The first-order chi connectivity index (χ1) is 9.30. The predicted molar refractivity (Wildman–Crippen MR) is 80.2 cm³/mol.